The van der Waals surface area contributed by atoms with E-state index in [0.717, 1.165) is 23.5 Å². The first-order valence-electron chi connectivity index (χ1n) is 9.25. The Morgan fingerprint density at radius 2 is 1.93 bits per heavy atom. The molecule has 6 nitrogen and oxygen atoms in total. The summed E-state index contributed by atoms with van der Waals surface area (Å²) in [7, 11) is 2.06. The van der Waals surface area contributed by atoms with Crippen molar-refractivity contribution in [3.63, 3.8) is 0 Å². The molecule has 0 aliphatic carbocycles. The molecule has 0 amide bonds. The molecule has 3 aromatic rings. The molecule has 0 atom stereocenters. The van der Waals surface area contributed by atoms with Crippen molar-refractivity contribution in [1.29, 1.82) is 0 Å². The van der Waals surface area contributed by atoms with Crippen molar-refractivity contribution in [3.05, 3.63) is 95.1 Å². The Kier molecular flexibility index (Phi) is 5.27. The molecule has 0 saturated carbocycles. The fourth-order valence-corrected chi connectivity index (χ4v) is 3.27. The van der Waals surface area contributed by atoms with Crippen LogP contribution in [0.4, 0.5) is 11.4 Å². The second-order valence-electron chi connectivity index (χ2n) is 6.85. The molecule has 3 aromatic carbocycles. The summed E-state index contributed by atoms with van der Waals surface area (Å²) in [6.45, 7) is 1.23. The Morgan fingerprint density at radius 1 is 1.10 bits per heavy atom. The smallest absolute Gasteiger partial charge is 0.356 e. The van der Waals surface area contributed by atoms with Crippen molar-refractivity contribution in [2.75, 3.05) is 11.9 Å². The van der Waals surface area contributed by atoms with Gasteiger partial charge in [-0.3, -0.25) is 0 Å². The molecule has 4 rings (SSSR count). The summed E-state index contributed by atoms with van der Waals surface area (Å²) in [5.74, 6) is 4.83. The van der Waals surface area contributed by atoms with E-state index in [-0.39, 0.29) is 0 Å². The molecule has 0 spiro atoms. The summed E-state index contributed by atoms with van der Waals surface area (Å²) >= 11 is 0. The molecule has 29 heavy (non-hydrogen) atoms. The van der Waals surface area contributed by atoms with Crippen LogP contribution >= 0.6 is 0 Å². The van der Waals surface area contributed by atoms with Gasteiger partial charge in [0.2, 0.25) is 5.90 Å². The van der Waals surface area contributed by atoms with Gasteiger partial charge in [0.1, 0.15) is 6.61 Å². The minimum atomic E-state index is -0.602. The van der Waals surface area contributed by atoms with Crippen LogP contribution in [0.3, 0.4) is 0 Å². The highest BCUT2D eigenvalue weighted by atomic mass is 16.7. The van der Waals surface area contributed by atoms with Crippen molar-refractivity contribution in [2.24, 2.45) is 10.9 Å². The van der Waals surface area contributed by atoms with E-state index >= 15 is 0 Å². The molecule has 0 saturated heterocycles. The Hall–Kier alpha value is -3.64. The molecule has 6 heteroatoms. The second-order valence-corrected chi connectivity index (χ2v) is 6.85. The zero-order chi connectivity index (χ0) is 20.2. The van der Waals surface area contributed by atoms with E-state index in [2.05, 4.69) is 46.0 Å². The van der Waals surface area contributed by atoms with E-state index in [1.54, 1.807) is 18.2 Å². The third kappa shape index (κ3) is 4.12. The first-order valence-corrected chi connectivity index (χ1v) is 9.25. The summed E-state index contributed by atoms with van der Waals surface area (Å²) in [5, 5.41) is 0. The molecule has 0 aromatic heterocycles. The average Bonchev–Trinajstić information content (AvgIpc) is 2.78. The number of hydrogen-bond donors (Lipinski definition) is 1. The van der Waals surface area contributed by atoms with E-state index in [0.29, 0.717) is 23.6 Å². The second kappa shape index (κ2) is 8.16. The van der Waals surface area contributed by atoms with Crippen LogP contribution in [0.25, 0.3) is 0 Å². The van der Waals surface area contributed by atoms with Crippen LogP contribution in [0.2, 0.25) is 0 Å². The number of anilines is 1. The highest BCUT2D eigenvalue weighted by Crippen LogP contribution is 2.30. The van der Waals surface area contributed by atoms with Crippen molar-refractivity contribution in [2.45, 2.75) is 13.2 Å². The number of benzene rings is 3. The van der Waals surface area contributed by atoms with Crippen LogP contribution in [0.5, 0.6) is 0 Å². The van der Waals surface area contributed by atoms with E-state index in [1.807, 2.05) is 30.3 Å². The number of nitrogens with two attached hydrogens (primary N) is 1. The fourth-order valence-electron chi connectivity index (χ4n) is 3.27. The number of aliphatic imine (C=N–C) groups is 1. The summed E-state index contributed by atoms with van der Waals surface area (Å²) in [6.07, 6.45) is 0. The molecular formula is C23H21N3O3. The molecular weight excluding hydrogens is 366 g/mol. The van der Waals surface area contributed by atoms with E-state index < -0.39 is 5.97 Å². The topological polar surface area (TPSA) is 77.1 Å². The summed E-state index contributed by atoms with van der Waals surface area (Å²) in [5.41, 5.74) is 5.27. The number of carbonyl (C=O) groups excluding carboxylic acids is 1. The Bertz CT molecular complexity index is 1060. The number of hydrogen-bond acceptors (Lipinski definition) is 6. The van der Waals surface area contributed by atoms with Crippen LogP contribution in [-0.4, -0.2) is 18.9 Å². The molecule has 1 heterocycles. The number of ether oxygens (including phenoxy) is 1. The predicted octanol–water partition coefficient (Wildman–Crippen LogP) is 3.96. The summed E-state index contributed by atoms with van der Waals surface area (Å²) in [6, 6.07) is 23.3. The first kappa shape index (κ1) is 18.7. The lowest BCUT2D eigenvalue weighted by atomic mass is 10.1. The molecule has 1 aliphatic rings. The maximum Gasteiger partial charge on any atom is 0.356 e. The summed E-state index contributed by atoms with van der Waals surface area (Å²) < 4.78 is 5.86. The summed E-state index contributed by atoms with van der Waals surface area (Å²) in [4.78, 5) is 22.7. The van der Waals surface area contributed by atoms with Crippen LogP contribution in [0.1, 0.15) is 27.0 Å². The minimum Gasteiger partial charge on any atom is -0.472 e. The number of fused-ring (bicyclic) bond motifs is 1. The van der Waals surface area contributed by atoms with Crippen LogP contribution in [0, 0.1) is 0 Å². The lowest BCUT2D eigenvalue weighted by Crippen LogP contribution is -2.17. The molecule has 0 bridgehead atoms. The lowest BCUT2D eigenvalue weighted by Gasteiger charge is -2.23. The highest BCUT2D eigenvalue weighted by Gasteiger charge is 2.17. The normalized spacial score (nSPS) is 12.4. The number of carbonyl (C=O) groups is 1. The first-order chi connectivity index (χ1) is 14.1. The number of nitrogens with zero attached hydrogens (tertiary/aromatic N) is 2. The van der Waals surface area contributed by atoms with Crippen LogP contribution < -0.4 is 10.8 Å². The van der Waals surface area contributed by atoms with E-state index in [9.17, 15) is 4.79 Å². The van der Waals surface area contributed by atoms with Gasteiger partial charge in [0, 0.05) is 30.4 Å². The SMILES string of the molecule is CN(Cc1ccccc1)c1ccc2c(c1)COC(c1cccc(C(=O)ON)c1)=N2. The third-order valence-corrected chi connectivity index (χ3v) is 4.81. The van der Waals surface area contributed by atoms with Crippen molar-refractivity contribution in [1.82, 2.24) is 0 Å². The highest BCUT2D eigenvalue weighted by molar-refractivity contribution is 5.99. The van der Waals surface area contributed by atoms with Gasteiger partial charge in [0.05, 0.1) is 11.3 Å². The standard InChI is InChI=1S/C23H21N3O3/c1-26(14-16-6-3-2-4-7-16)20-10-11-21-19(13-20)15-28-22(25-21)17-8-5-9-18(12-17)23(27)29-24/h2-13H,14-15,24H2,1H3. The van der Waals surface area contributed by atoms with Gasteiger partial charge >= 0.3 is 5.97 Å². The third-order valence-electron chi connectivity index (χ3n) is 4.81. The van der Waals surface area contributed by atoms with Gasteiger partial charge in [-0.15, -0.1) is 0 Å². The fraction of sp³-hybridized carbons (Fsp3) is 0.130. The van der Waals surface area contributed by atoms with E-state index in [4.69, 9.17) is 10.6 Å². The van der Waals surface area contributed by atoms with E-state index in [1.165, 1.54) is 5.56 Å². The molecule has 0 radical (unpaired) electrons. The Labute approximate surface area is 169 Å². The molecule has 0 unspecified atom stereocenters. The number of rotatable bonds is 5. The average molecular weight is 387 g/mol. The van der Waals surface area contributed by atoms with Gasteiger partial charge in [0.15, 0.2) is 0 Å². The molecule has 2 N–H and O–H groups in total. The van der Waals surface area contributed by atoms with Gasteiger partial charge in [-0.1, -0.05) is 36.4 Å². The largest absolute Gasteiger partial charge is 0.472 e. The maximum atomic E-state index is 11.6. The van der Waals surface area contributed by atoms with Gasteiger partial charge in [0.25, 0.3) is 0 Å². The van der Waals surface area contributed by atoms with Gasteiger partial charge in [-0.05, 0) is 42.0 Å². The van der Waals surface area contributed by atoms with Crippen molar-refractivity contribution < 1.29 is 14.4 Å². The molecule has 0 fully saturated rings. The van der Waals surface area contributed by atoms with Gasteiger partial charge in [-0.2, -0.15) is 5.90 Å². The zero-order valence-electron chi connectivity index (χ0n) is 16.0. The van der Waals surface area contributed by atoms with Crippen molar-refractivity contribution in [3.8, 4) is 0 Å². The minimum absolute atomic E-state index is 0.347. The maximum absolute atomic E-state index is 11.6. The Balaban J connectivity index is 1.56. The zero-order valence-corrected chi connectivity index (χ0v) is 16.0. The molecule has 146 valence electrons. The monoisotopic (exact) mass is 387 g/mol. The van der Waals surface area contributed by atoms with Gasteiger partial charge in [-0.25, -0.2) is 9.79 Å². The predicted molar refractivity (Wildman–Crippen MR) is 112 cm³/mol. The van der Waals surface area contributed by atoms with Gasteiger partial charge < -0.3 is 14.5 Å². The quantitative estimate of drug-likeness (QED) is 0.671. The van der Waals surface area contributed by atoms with Crippen LogP contribution in [0.15, 0.2) is 77.8 Å². The lowest BCUT2D eigenvalue weighted by molar-refractivity contribution is 0.0503. The van der Waals surface area contributed by atoms with Crippen molar-refractivity contribution >= 4 is 23.2 Å². The molecule has 1 aliphatic heterocycles. The van der Waals surface area contributed by atoms with Crippen LogP contribution in [-0.2, 0) is 22.7 Å². The Morgan fingerprint density at radius 3 is 2.72 bits per heavy atom.